The predicted octanol–water partition coefficient (Wildman–Crippen LogP) is 2.88. The van der Waals surface area contributed by atoms with Crippen LogP contribution in [0.3, 0.4) is 0 Å². The molecule has 2 aliphatic rings. The molecule has 0 aliphatic heterocycles. The number of hydrogen-bond acceptors (Lipinski definition) is 2. The Morgan fingerprint density at radius 3 is 2.83 bits per heavy atom. The van der Waals surface area contributed by atoms with Gasteiger partial charge < -0.3 is 10.4 Å². The summed E-state index contributed by atoms with van der Waals surface area (Å²) in [5.74, 6) is 0. The Balaban J connectivity index is 1.74. The van der Waals surface area contributed by atoms with Gasteiger partial charge in [-0.3, -0.25) is 0 Å². The van der Waals surface area contributed by atoms with E-state index in [0.717, 1.165) is 12.8 Å². The minimum atomic E-state index is -0.146. The Bertz CT molecular complexity index is 429. The summed E-state index contributed by atoms with van der Waals surface area (Å²) >= 11 is 0. The molecule has 2 N–H and O–H groups in total. The predicted molar refractivity (Wildman–Crippen MR) is 73.6 cm³/mol. The molecule has 0 heterocycles. The number of aliphatic hydroxyl groups is 1. The molecule has 18 heavy (non-hydrogen) atoms. The maximum absolute atomic E-state index is 10.1. The number of hydrogen-bond donors (Lipinski definition) is 2. The average molecular weight is 245 g/mol. The summed E-state index contributed by atoms with van der Waals surface area (Å²) in [5, 5.41) is 13.8. The van der Waals surface area contributed by atoms with Gasteiger partial charge in [-0.05, 0) is 43.7 Å². The van der Waals surface area contributed by atoms with Crippen molar-refractivity contribution in [2.24, 2.45) is 0 Å². The van der Waals surface area contributed by atoms with E-state index in [1.54, 1.807) is 0 Å². The highest BCUT2D eigenvalue weighted by molar-refractivity contribution is 5.37. The zero-order valence-electron chi connectivity index (χ0n) is 11.2. The van der Waals surface area contributed by atoms with Crippen molar-refractivity contribution in [2.75, 3.05) is 0 Å². The quantitative estimate of drug-likeness (QED) is 0.839. The number of aliphatic hydroxyl groups excluding tert-OH is 1. The fourth-order valence-electron chi connectivity index (χ4n) is 3.46. The van der Waals surface area contributed by atoms with Gasteiger partial charge in [-0.15, -0.1) is 0 Å². The number of nitrogens with one attached hydrogen (secondary N) is 1. The van der Waals surface area contributed by atoms with E-state index >= 15 is 0 Å². The Morgan fingerprint density at radius 1 is 1.17 bits per heavy atom. The highest BCUT2D eigenvalue weighted by Gasteiger charge is 2.29. The molecule has 3 rings (SSSR count). The zero-order valence-corrected chi connectivity index (χ0v) is 11.2. The van der Waals surface area contributed by atoms with Crippen LogP contribution in [-0.4, -0.2) is 17.3 Å². The SMILES string of the molecule is Cc1ccc2c(c1)C(NC1CCCCC1O)CC2. The molecule has 3 unspecified atom stereocenters. The lowest BCUT2D eigenvalue weighted by atomic mass is 9.91. The second kappa shape index (κ2) is 5.02. The van der Waals surface area contributed by atoms with Crippen molar-refractivity contribution in [1.82, 2.24) is 5.32 Å². The molecule has 2 nitrogen and oxygen atoms in total. The van der Waals surface area contributed by atoms with E-state index in [2.05, 4.69) is 30.4 Å². The summed E-state index contributed by atoms with van der Waals surface area (Å²) in [5.41, 5.74) is 4.29. The summed E-state index contributed by atoms with van der Waals surface area (Å²) in [6.07, 6.45) is 6.73. The van der Waals surface area contributed by atoms with E-state index < -0.39 is 0 Å². The summed E-state index contributed by atoms with van der Waals surface area (Å²) in [6.45, 7) is 2.16. The molecule has 0 saturated heterocycles. The Kier molecular flexibility index (Phi) is 3.40. The number of benzene rings is 1. The molecule has 1 saturated carbocycles. The summed E-state index contributed by atoms with van der Waals surface area (Å²) in [4.78, 5) is 0. The van der Waals surface area contributed by atoms with Gasteiger partial charge in [-0.2, -0.15) is 0 Å². The van der Waals surface area contributed by atoms with Crippen LogP contribution in [0, 0.1) is 6.92 Å². The molecular weight excluding hydrogens is 222 g/mol. The lowest BCUT2D eigenvalue weighted by Gasteiger charge is -2.31. The fourth-order valence-corrected chi connectivity index (χ4v) is 3.46. The first-order valence-electron chi connectivity index (χ1n) is 7.27. The fraction of sp³-hybridized carbons (Fsp3) is 0.625. The molecule has 1 aromatic carbocycles. The van der Waals surface area contributed by atoms with E-state index in [-0.39, 0.29) is 6.10 Å². The van der Waals surface area contributed by atoms with Gasteiger partial charge in [0.15, 0.2) is 0 Å². The monoisotopic (exact) mass is 245 g/mol. The van der Waals surface area contributed by atoms with Crippen LogP contribution in [0.25, 0.3) is 0 Å². The lowest BCUT2D eigenvalue weighted by Crippen LogP contribution is -2.43. The van der Waals surface area contributed by atoms with Gasteiger partial charge in [0.2, 0.25) is 0 Å². The van der Waals surface area contributed by atoms with Gasteiger partial charge in [-0.1, -0.05) is 36.6 Å². The van der Waals surface area contributed by atoms with Crippen molar-refractivity contribution in [3.05, 3.63) is 34.9 Å². The van der Waals surface area contributed by atoms with Gasteiger partial charge >= 0.3 is 0 Å². The molecule has 3 atom stereocenters. The van der Waals surface area contributed by atoms with Crippen LogP contribution in [0.1, 0.15) is 54.8 Å². The van der Waals surface area contributed by atoms with E-state index in [1.807, 2.05) is 0 Å². The maximum Gasteiger partial charge on any atom is 0.0693 e. The molecule has 2 aliphatic carbocycles. The van der Waals surface area contributed by atoms with Crippen LogP contribution in [0.15, 0.2) is 18.2 Å². The topological polar surface area (TPSA) is 32.3 Å². The van der Waals surface area contributed by atoms with Crippen LogP contribution in [0.2, 0.25) is 0 Å². The molecule has 2 heteroatoms. The van der Waals surface area contributed by atoms with Gasteiger partial charge in [0.05, 0.1) is 6.10 Å². The third-order valence-corrected chi connectivity index (χ3v) is 4.52. The minimum absolute atomic E-state index is 0.146. The van der Waals surface area contributed by atoms with Gasteiger partial charge in [0.25, 0.3) is 0 Å². The number of fused-ring (bicyclic) bond motifs is 1. The van der Waals surface area contributed by atoms with Crippen molar-refractivity contribution < 1.29 is 5.11 Å². The number of aryl methyl sites for hydroxylation is 2. The van der Waals surface area contributed by atoms with Crippen LogP contribution in [0.5, 0.6) is 0 Å². The summed E-state index contributed by atoms with van der Waals surface area (Å²) in [6, 6.07) is 7.54. The standard InChI is InChI=1S/C16H23NO/c1-11-6-7-12-8-9-14(13(12)10-11)17-15-4-2-3-5-16(15)18/h6-7,10,14-18H,2-5,8-9H2,1H3. The van der Waals surface area contributed by atoms with Gasteiger partial charge in [0, 0.05) is 12.1 Å². The van der Waals surface area contributed by atoms with Crippen LogP contribution in [-0.2, 0) is 6.42 Å². The van der Waals surface area contributed by atoms with Crippen molar-refractivity contribution >= 4 is 0 Å². The summed E-state index contributed by atoms with van der Waals surface area (Å²) in [7, 11) is 0. The number of rotatable bonds is 2. The van der Waals surface area contributed by atoms with Crippen LogP contribution in [0.4, 0.5) is 0 Å². The molecule has 0 bridgehead atoms. The zero-order chi connectivity index (χ0) is 12.5. The lowest BCUT2D eigenvalue weighted by molar-refractivity contribution is 0.0848. The van der Waals surface area contributed by atoms with Crippen molar-refractivity contribution in [1.29, 1.82) is 0 Å². The van der Waals surface area contributed by atoms with E-state index in [0.29, 0.717) is 12.1 Å². The molecule has 1 aromatic rings. The molecule has 0 radical (unpaired) electrons. The van der Waals surface area contributed by atoms with Crippen LogP contribution < -0.4 is 5.32 Å². The first kappa shape index (κ1) is 12.2. The molecule has 1 fully saturated rings. The highest BCUT2D eigenvalue weighted by Crippen LogP contribution is 2.33. The molecular formula is C16H23NO. The molecule has 0 amide bonds. The van der Waals surface area contributed by atoms with E-state index in [4.69, 9.17) is 0 Å². The first-order valence-corrected chi connectivity index (χ1v) is 7.27. The minimum Gasteiger partial charge on any atom is -0.392 e. The van der Waals surface area contributed by atoms with E-state index in [1.165, 1.54) is 42.4 Å². The Morgan fingerprint density at radius 2 is 2.00 bits per heavy atom. The Hall–Kier alpha value is -0.860. The average Bonchev–Trinajstić information content (AvgIpc) is 2.75. The summed E-state index contributed by atoms with van der Waals surface area (Å²) < 4.78 is 0. The maximum atomic E-state index is 10.1. The van der Waals surface area contributed by atoms with Gasteiger partial charge in [0.1, 0.15) is 0 Å². The van der Waals surface area contributed by atoms with Crippen molar-refractivity contribution in [2.45, 2.75) is 63.6 Å². The second-order valence-corrected chi connectivity index (χ2v) is 5.92. The second-order valence-electron chi connectivity index (χ2n) is 5.92. The molecule has 0 aromatic heterocycles. The largest absolute Gasteiger partial charge is 0.392 e. The van der Waals surface area contributed by atoms with Crippen LogP contribution >= 0.6 is 0 Å². The molecule has 98 valence electrons. The first-order chi connectivity index (χ1) is 8.74. The normalized spacial score (nSPS) is 31.3. The van der Waals surface area contributed by atoms with Crippen molar-refractivity contribution in [3.8, 4) is 0 Å². The third-order valence-electron chi connectivity index (χ3n) is 4.52. The van der Waals surface area contributed by atoms with E-state index in [9.17, 15) is 5.11 Å². The smallest absolute Gasteiger partial charge is 0.0693 e. The van der Waals surface area contributed by atoms with Gasteiger partial charge in [-0.25, -0.2) is 0 Å². The third kappa shape index (κ3) is 2.32. The molecule has 0 spiro atoms. The Labute approximate surface area is 109 Å². The highest BCUT2D eigenvalue weighted by atomic mass is 16.3. The van der Waals surface area contributed by atoms with Crippen molar-refractivity contribution in [3.63, 3.8) is 0 Å².